The molecule has 0 aliphatic heterocycles. The van der Waals surface area contributed by atoms with Crippen molar-refractivity contribution in [2.24, 2.45) is 0 Å². The minimum Gasteiger partial charge on any atom is -0.389 e. The fourth-order valence-electron chi connectivity index (χ4n) is 1.80. The van der Waals surface area contributed by atoms with Crippen molar-refractivity contribution >= 4 is 5.91 Å². The molecule has 5 heteroatoms. The quantitative estimate of drug-likeness (QED) is 0.533. The molecule has 0 fully saturated rings. The van der Waals surface area contributed by atoms with E-state index >= 15 is 0 Å². The van der Waals surface area contributed by atoms with E-state index in [0.29, 0.717) is 26.3 Å². The number of carbonyl (C=O) groups excluding carboxylic acids is 1. The zero-order chi connectivity index (χ0) is 15.4. The van der Waals surface area contributed by atoms with Gasteiger partial charge in [0.05, 0.1) is 18.8 Å². The predicted molar refractivity (Wildman–Crippen MR) is 81.7 cm³/mol. The lowest BCUT2D eigenvalue weighted by Gasteiger charge is -2.21. The zero-order valence-electron chi connectivity index (χ0n) is 13.5. The first-order valence-electron chi connectivity index (χ1n) is 7.77. The lowest BCUT2D eigenvalue weighted by atomic mass is 10.2. The van der Waals surface area contributed by atoms with E-state index in [0.717, 1.165) is 6.42 Å². The third-order valence-electron chi connectivity index (χ3n) is 3.33. The number of hydrogen-bond acceptors (Lipinski definition) is 4. The first-order chi connectivity index (χ1) is 9.52. The van der Waals surface area contributed by atoms with Crippen LogP contribution in [0.5, 0.6) is 0 Å². The molecule has 2 N–H and O–H groups in total. The van der Waals surface area contributed by atoms with Gasteiger partial charge in [-0.2, -0.15) is 0 Å². The molecule has 5 nitrogen and oxygen atoms in total. The largest absolute Gasteiger partial charge is 0.389 e. The summed E-state index contributed by atoms with van der Waals surface area (Å²) in [6.45, 7) is 8.01. The molecule has 120 valence electrons. The Morgan fingerprint density at radius 2 is 2.00 bits per heavy atom. The molecule has 0 aromatic rings. The SMILES string of the molecule is CCCCCCOCC(O)CNC(C)C(=O)N(C)CC. The summed E-state index contributed by atoms with van der Waals surface area (Å²) in [5.74, 6) is 0.0418. The highest BCUT2D eigenvalue weighted by molar-refractivity contribution is 5.81. The van der Waals surface area contributed by atoms with Crippen LogP contribution >= 0.6 is 0 Å². The monoisotopic (exact) mass is 288 g/mol. The van der Waals surface area contributed by atoms with Gasteiger partial charge >= 0.3 is 0 Å². The van der Waals surface area contributed by atoms with E-state index in [1.165, 1.54) is 19.3 Å². The highest BCUT2D eigenvalue weighted by Crippen LogP contribution is 1.99. The fourth-order valence-corrected chi connectivity index (χ4v) is 1.80. The molecule has 0 rings (SSSR count). The first-order valence-corrected chi connectivity index (χ1v) is 7.77. The van der Waals surface area contributed by atoms with Crippen LogP contribution in [-0.2, 0) is 9.53 Å². The molecule has 0 aliphatic carbocycles. The Morgan fingerprint density at radius 3 is 2.60 bits per heavy atom. The van der Waals surface area contributed by atoms with Crippen LogP contribution in [-0.4, -0.2) is 61.4 Å². The number of nitrogens with zero attached hydrogens (tertiary/aromatic N) is 1. The molecule has 0 aromatic carbocycles. The average molecular weight is 288 g/mol. The molecular formula is C15H32N2O3. The summed E-state index contributed by atoms with van der Waals surface area (Å²) in [5, 5.41) is 12.8. The topological polar surface area (TPSA) is 61.8 Å². The van der Waals surface area contributed by atoms with E-state index < -0.39 is 6.10 Å². The number of aliphatic hydroxyl groups excluding tert-OH is 1. The summed E-state index contributed by atoms with van der Waals surface area (Å²) < 4.78 is 5.42. The molecule has 0 saturated heterocycles. The second-order valence-corrected chi connectivity index (χ2v) is 5.27. The van der Waals surface area contributed by atoms with Gasteiger partial charge in [0, 0.05) is 26.7 Å². The average Bonchev–Trinajstić information content (AvgIpc) is 2.46. The molecule has 0 saturated carbocycles. The van der Waals surface area contributed by atoms with Crippen molar-refractivity contribution in [2.75, 3.05) is 33.4 Å². The molecule has 2 atom stereocenters. The lowest BCUT2D eigenvalue weighted by Crippen LogP contribution is -2.46. The van der Waals surface area contributed by atoms with Crippen LogP contribution < -0.4 is 5.32 Å². The number of rotatable bonds is 12. The molecule has 0 spiro atoms. The van der Waals surface area contributed by atoms with Crippen LogP contribution in [0.15, 0.2) is 0 Å². The molecule has 0 heterocycles. The minimum absolute atomic E-state index is 0.0418. The zero-order valence-corrected chi connectivity index (χ0v) is 13.5. The number of likely N-dealkylation sites (N-methyl/N-ethyl adjacent to an activating group) is 1. The molecule has 1 amide bonds. The normalized spacial score (nSPS) is 14.1. The van der Waals surface area contributed by atoms with Gasteiger partial charge in [-0.3, -0.25) is 4.79 Å². The van der Waals surface area contributed by atoms with E-state index in [2.05, 4.69) is 12.2 Å². The molecular weight excluding hydrogens is 256 g/mol. The number of carbonyl (C=O) groups is 1. The maximum Gasteiger partial charge on any atom is 0.239 e. The van der Waals surface area contributed by atoms with Gasteiger partial charge in [-0.15, -0.1) is 0 Å². The predicted octanol–water partition coefficient (Wildman–Crippen LogP) is 1.40. The van der Waals surface area contributed by atoms with E-state index in [4.69, 9.17) is 4.74 Å². The van der Waals surface area contributed by atoms with Crippen molar-refractivity contribution in [1.82, 2.24) is 10.2 Å². The van der Waals surface area contributed by atoms with Crippen molar-refractivity contribution < 1.29 is 14.6 Å². The van der Waals surface area contributed by atoms with E-state index in [9.17, 15) is 9.90 Å². The first kappa shape index (κ1) is 19.4. The molecule has 20 heavy (non-hydrogen) atoms. The standard InChI is InChI=1S/C15H32N2O3/c1-5-7-8-9-10-20-12-14(18)11-16-13(3)15(19)17(4)6-2/h13-14,16,18H,5-12H2,1-4H3. The van der Waals surface area contributed by atoms with Gasteiger partial charge in [-0.05, 0) is 20.3 Å². The van der Waals surface area contributed by atoms with Gasteiger partial charge in [0.25, 0.3) is 0 Å². The molecule has 0 radical (unpaired) electrons. The highest BCUT2D eigenvalue weighted by Gasteiger charge is 2.16. The Morgan fingerprint density at radius 1 is 1.30 bits per heavy atom. The second kappa shape index (κ2) is 12.1. The summed E-state index contributed by atoms with van der Waals surface area (Å²) in [4.78, 5) is 13.5. The second-order valence-electron chi connectivity index (χ2n) is 5.27. The summed E-state index contributed by atoms with van der Waals surface area (Å²) in [6, 6.07) is -0.279. The summed E-state index contributed by atoms with van der Waals surface area (Å²) in [6.07, 6.45) is 4.11. The van der Waals surface area contributed by atoms with Crippen molar-refractivity contribution in [3.8, 4) is 0 Å². The number of aliphatic hydroxyl groups is 1. The Kier molecular flexibility index (Phi) is 11.7. The summed E-state index contributed by atoms with van der Waals surface area (Å²) in [7, 11) is 1.77. The smallest absolute Gasteiger partial charge is 0.239 e. The van der Waals surface area contributed by atoms with Crippen molar-refractivity contribution in [2.45, 2.75) is 58.6 Å². The Bertz CT molecular complexity index is 249. The van der Waals surface area contributed by atoms with Crippen LogP contribution in [0.3, 0.4) is 0 Å². The third-order valence-corrected chi connectivity index (χ3v) is 3.33. The summed E-state index contributed by atoms with van der Waals surface area (Å²) in [5.41, 5.74) is 0. The summed E-state index contributed by atoms with van der Waals surface area (Å²) >= 11 is 0. The van der Waals surface area contributed by atoms with Crippen molar-refractivity contribution in [1.29, 1.82) is 0 Å². The maximum atomic E-state index is 11.8. The van der Waals surface area contributed by atoms with Gasteiger partial charge in [0.1, 0.15) is 0 Å². The van der Waals surface area contributed by atoms with Crippen molar-refractivity contribution in [3.63, 3.8) is 0 Å². The Balaban J connectivity index is 3.61. The van der Waals surface area contributed by atoms with Crippen molar-refractivity contribution in [3.05, 3.63) is 0 Å². The Hall–Kier alpha value is -0.650. The third kappa shape index (κ3) is 9.28. The molecule has 0 aromatic heterocycles. The molecule has 0 bridgehead atoms. The van der Waals surface area contributed by atoms with Gasteiger partial charge in [0.15, 0.2) is 0 Å². The molecule has 0 aliphatic rings. The lowest BCUT2D eigenvalue weighted by molar-refractivity contribution is -0.131. The maximum absolute atomic E-state index is 11.8. The van der Waals surface area contributed by atoms with Gasteiger partial charge in [-0.1, -0.05) is 26.2 Å². The fraction of sp³-hybridized carbons (Fsp3) is 0.933. The van der Waals surface area contributed by atoms with E-state index in [1.807, 2.05) is 13.8 Å². The van der Waals surface area contributed by atoms with Gasteiger partial charge in [-0.25, -0.2) is 0 Å². The minimum atomic E-state index is -0.566. The van der Waals surface area contributed by atoms with E-state index in [-0.39, 0.29) is 11.9 Å². The van der Waals surface area contributed by atoms with Crippen LogP contribution in [0.2, 0.25) is 0 Å². The van der Waals surface area contributed by atoms with E-state index in [1.54, 1.807) is 11.9 Å². The number of ether oxygens (including phenoxy) is 1. The van der Waals surface area contributed by atoms with Gasteiger partial charge < -0.3 is 20.1 Å². The van der Waals surface area contributed by atoms with Crippen LogP contribution in [0, 0.1) is 0 Å². The Labute approximate surface area is 123 Å². The van der Waals surface area contributed by atoms with Crippen LogP contribution in [0.4, 0.5) is 0 Å². The highest BCUT2D eigenvalue weighted by atomic mass is 16.5. The molecule has 2 unspecified atom stereocenters. The number of unbranched alkanes of at least 4 members (excludes halogenated alkanes) is 3. The number of nitrogens with one attached hydrogen (secondary N) is 1. The van der Waals surface area contributed by atoms with Gasteiger partial charge in [0.2, 0.25) is 5.91 Å². The number of amides is 1. The van der Waals surface area contributed by atoms with Crippen LogP contribution in [0.1, 0.15) is 46.5 Å². The van der Waals surface area contributed by atoms with Crippen LogP contribution in [0.25, 0.3) is 0 Å². The number of hydrogen-bond donors (Lipinski definition) is 2.